The summed E-state index contributed by atoms with van der Waals surface area (Å²) in [4.78, 5) is 4.12. The van der Waals surface area contributed by atoms with Crippen LogP contribution in [0.25, 0.3) is 0 Å². The molecule has 0 saturated heterocycles. The van der Waals surface area contributed by atoms with Crippen molar-refractivity contribution in [3.63, 3.8) is 0 Å². The SMILES string of the molecule is COc1ccc([C@H](C)Cn2ccnc2)cc1OC1Cc2ccccc2C1. The molecule has 0 bridgehead atoms. The molecule has 1 aromatic heterocycles. The number of nitrogens with zero attached hydrogens (tertiary/aromatic N) is 2. The Kier molecular flexibility index (Phi) is 4.65. The highest BCUT2D eigenvalue weighted by atomic mass is 16.5. The molecule has 26 heavy (non-hydrogen) atoms. The van der Waals surface area contributed by atoms with Crippen molar-refractivity contribution in [2.75, 3.05) is 7.11 Å². The fourth-order valence-corrected chi connectivity index (χ4v) is 3.69. The molecule has 0 N–H and O–H groups in total. The topological polar surface area (TPSA) is 36.3 Å². The average molecular weight is 348 g/mol. The second-order valence-corrected chi connectivity index (χ2v) is 6.99. The Bertz CT molecular complexity index is 849. The van der Waals surface area contributed by atoms with Crippen LogP contribution in [0.1, 0.15) is 29.5 Å². The summed E-state index contributed by atoms with van der Waals surface area (Å²) < 4.78 is 14.0. The molecule has 0 amide bonds. The highest BCUT2D eigenvalue weighted by molar-refractivity contribution is 5.44. The molecule has 0 saturated carbocycles. The van der Waals surface area contributed by atoms with Gasteiger partial charge in [0.2, 0.25) is 0 Å². The molecule has 4 rings (SSSR count). The first-order valence-electron chi connectivity index (χ1n) is 9.10. The minimum atomic E-state index is 0.167. The predicted molar refractivity (Wildman–Crippen MR) is 102 cm³/mol. The standard InChI is InChI=1S/C22H24N2O2/c1-16(14-24-10-9-23-15-24)17-7-8-21(25-2)22(13-17)26-20-11-18-5-3-4-6-19(18)12-20/h3-10,13,15-16,20H,11-12,14H2,1-2H3/t16-/m1/s1. The lowest BCUT2D eigenvalue weighted by Gasteiger charge is -2.19. The van der Waals surface area contributed by atoms with E-state index in [1.807, 2.05) is 24.8 Å². The van der Waals surface area contributed by atoms with Gasteiger partial charge in [-0.1, -0.05) is 37.3 Å². The summed E-state index contributed by atoms with van der Waals surface area (Å²) in [6, 6.07) is 14.8. The van der Waals surface area contributed by atoms with E-state index in [0.29, 0.717) is 5.92 Å². The van der Waals surface area contributed by atoms with Crippen LogP contribution in [0.4, 0.5) is 0 Å². The molecule has 4 nitrogen and oxygen atoms in total. The van der Waals surface area contributed by atoms with Gasteiger partial charge in [0, 0.05) is 31.8 Å². The van der Waals surface area contributed by atoms with E-state index < -0.39 is 0 Å². The molecular weight excluding hydrogens is 324 g/mol. The van der Waals surface area contributed by atoms with Gasteiger partial charge in [-0.2, -0.15) is 0 Å². The second kappa shape index (κ2) is 7.24. The maximum absolute atomic E-state index is 6.36. The van der Waals surface area contributed by atoms with Gasteiger partial charge < -0.3 is 14.0 Å². The molecule has 0 radical (unpaired) electrons. The van der Waals surface area contributed by atoms with Gasteiger partial charge in [0.05, 0.1) is 13.4 Å². The van der Waals surface area contributed by atoms with E-state index >= 15 is 0 Å². The molecule has 1 aliphatic rings. The number of imidazole rings is 1. The number of methoxy groups -OCH3 is 1. The van der Waals surface area contributed by atoms with Crippen molar-refractivity contribution >= 4 is 0 Å². The monoisotopic (exact) mass is 348 g/mol. The van der Waals surface area contributed by atoms with Crippen LogP contribution in [-0.4, -0.2) is 22.8 Å². The largest absolute Gasteiger partial charge is 0.493 e. The van der Waals surface area contributed by atoms with Crippen molar-refractivity contribution in [1.82, 2.24) is 9.55 Å². The Morgan fingerprint density at radius 2 is 1.88 bits per heavy atom. The Morgan fingerprint density at radius 3 is 2.54 bits per heavy atom. The van der Waals surface area contributed by atoms with Crippen LogP contribution in [0.15, 0.2) is 61.2 Å². The molecule has 3 aromatic rings. The minimum Gasteiger partial charge on any atom is -0.493 e. The maximum Gasteiger partial charge on any atom is 0.161 e. The van der Waals surface area contributed by atoms with Gasteiger partial charge in [-0.15, -0.1) is 0 Å². The van der Waals surface area contributed by atoms with Gasteiger partial charge in [0.1, 0.15) is 6.10 Å². The Balaban J connectivity index is 1.51. The Labute approximate surface area is 154 Å². The van der Waals surface area contributed by atoms with Gasteiger partial charge in [-0.25, -0.2) is 4.98 Å². The number of ether oxygens (including phenoxy) is 2. The van der Waals surface area contributed by atoms with Crippen LogP contribution in [0.2, 0.25) is 0 Å². The van der Waals surface area contributed by atoms with E-state index in [9.17, 15) is 0 Å². The highest BCUT2D eigenvalue weighted by Crippen LogP contribution is 2.34. The van der Waals surface area contributed by atoms with E-state index in [1.54, 1.807) is 7.11 Å². The van der Waals surface area contributed by atoms with Gasteiger partial charge in [-0.05, 0) is 34.7 Å². The fourth-order valence-electron chi connectivity index (χ4n) is 3.69. The summed E-state index contributed by atoms with van der Waals surface area (Å²) >= 11 is 0. The van der Waals surface area contributed by atoms with E-state index in [-0.39, 0.29) is 6.10 Å². The third kappa shape index (κ3) is 3.45. The van der Waals surface area contributed by atoms with Crippen LogP contribution in [0.3, 0.4) is 0 Å². The summed E-state index contributed by atoms with van der Waals surface area (Å²) in [5.41, 5.74) is 4.02. The third-order valence-corrected chi connectivity index (χ3v) is 5.11. The summed E-state index contributed by atoms with van der Waals surface area (Å²) in [5, 5.41) is 0. The van der Waals surface area contributed by atoms with Crippen molar-refractivity contribution in [2.24, 2.45) is 0 Å². The first-order valence-corrected chi connectivity index (χ1v) is 9.10. The molecule has 2 aromatic carbocycles. The second-order valence-electron chi connectivity index (χ2n) is 6.99. The number of aromatic nitrogens is 2. The molecule has 1 aliphatic carbocycles. The lowest BCUT2D eigenvalue weighted by atomic mass is 10.0. The smallest absolute Gasteiger partial charge is 0.161 e. The predicted octanol–water partition coefficient (Wildman–Crippen LogP) is 4.24. The number of benzene rings is 2. The number of rotatable bonds is 6. The summed E-state index contributed by atoms with van der Waals surface area (Å²) in [6.07, 6.45) is 7.73. The maximum atomic E-state index is 6.36. The van der Waals surface area contributed by atoms with Gasteiger partial charge in [-0.3, -0.25) is 0 Å². The number of fused-ring (bicyclic) bond motifs is 1. The zero-order chi connectivity index (χ0) is 17.9. The average Bonchev–Trinajstić information content (AvgIpc) is 3.30. The highest BCUT2D eigenvalue weighted by Gasteiger charge is 2.24. The zero-order valence-electron chi connectivity index (χ0n) is 15.3. The van der Waals surface area contributed by atoms with Crippen LogP contribution in [0, 0.1) is 0 Å². The summed E-state index contributed by atoms with van der Waals surface area (Å²) in [5.74, 6) is 1.98. The molecule has 0 spiro atoms. The molecule has 4 heteroatoms. The minimum absolute atomic E-state index is 0.167. The van der Waals surface area contributed by atoms with E-state index in [1.165, 1.54) is 16.7 Å². The Hall–Kier alpha value is -2.75. The van der Waals surface area contributed by atoms with E-state index in [2.05, 4.69) is 52.9 Å². The van der Waals surface area contributed by atoms with Crippen molar-refractivity contribution < 1.29 is 9.47 Å². The molecule has 0 aliphatic heterocycles. The zero-order valence-corrected chi connectivity index (χ0v) is 15.3. The molecule has 1 heterocycles. The van der Waals surface area contributed by atoms with Crippen molar-refractivity contribution in [1.29, 1.82) is 0 Å². The molecule has 0 unspecified atom stereocenters. The quantitative estimate of drug-likeness (QED) is 0.668. The van der Waals surface area contributed by atoms with Gasteiger partial charge in [0.15, 0.2) is 11.5 Å². The number of hydrogen-bond donors (Lipinski definition) is 0. The van der Waals surface area contributed by atoms with Crippen molar-refractivity contribution in [2.45, 2.75) is 38.3 Å². The van der Waals surface area contributed by atoms with Crippen LogP contribution in [-0.2, 0) is 19.4 Å². The van der Waals surface area contributed by atoms with Crippen LogP contribution in [0.5, 0.6) is 11.5 Å². The van der Waals surface area contributed by atoms with E-state index in [4.69, 9.17) is 9.47 Å². The fraction of sp³-hybridized carbons (Fsp3) is 0.318. The lowest BCUT2D eigenvalue weighted by molar-refractivity contribution is 0.204. The van der Waals surface area contributed by atoms with Gasteiger partial charge in [0.25, 0.3) is 0 Å². The molecular formula is C22H24N2O2. The van der Waals surface area contributed by atoms with Crippen molar-refractivity contribution in [3.8, 4) is 11.5 Å². The third-order valence-electron chi connectivity index (χ3n) is 5.11. The lowest BCUT2D eigenvalue weighted by Crippen LogP contribution is -2.17. The van der Waals surface area contributed by atoms with Gasteiger partial charge >= 0.3 is 0 Å². The van der Waals surface area contributed by atoms with E-state index in [0.717, 1.165) is 30.9 Å². The normalized spacial score (nSPS) is 14.8. The number of hydrogen-bond acceptors (Lipinski definition) is 3. The molecule has 134 valence electrons. The van der Waals surface area contributed by atoms with Crippen LogP contribution < -0.4 is 9.47 Å². The van der Waals surface area contributed by atoms with Crippen LogP contribution >= 0.6 is 0 Å². The Morgan fingerprint density at radius 1 is 1.12 bits per heavy atom. The molecule has 1 atom stereocenters. The first kappa shape index (κ1) is 16.7. The molecule has 0 fully saturated rings. The summed E-state index contributed by atoms with van der Waals surface area (Å²) in [6.45, 7) is 3.11. The van der Waals surface area contributed by atoms with Crippen molar-refractivity contribution in [3.05, 3.63) is 77.9 Å². The summed E-state index contributed by atoms with van der Waals surface area (Å²) in [7, 11) is 1.69. The first-order chi connectivity index (χ1) is 12.7.